The molecule has 0 spiro atoms. The maximum atomic E-state index is 6.12. The number of aromatic nitrogens is 2. The summed E-state index contributed by atoms with van der Waals surface area (Å²) >= 11 is 6.12. The van der Waals surface area contributed by atoms with Crippen LogP contribution in [-0.4, -0.2) is 45.5 Å². The molecular weight excluding hydrogens is 421 g/mol. The molecule has 10 heteroatoms. The van der Waals surface area contributed by atoms with Crippen LogP contribution in [0.4, 0.5) is 11.5 Å². The molecule has 29 heavy (non-hydrogen) atoms. The Morgan fingerprint density at radius 2 is 1.28 bits per heavy atom. The first-order valence-corrected chi connectivity index (χ1v) is 8.58. The fourth-order valence-electron chi connectivity index (χ4n) is 2.81. The van der Waals surface area contributed by atoms with Gasteiger partial charge in [0, 0.05) is 29.3 Å². The Balaban J connectivity index is 0.00000300. The van der Waals surface area contributed by atoms with E-state index in [1.54, 1.807) is 59.8 Å². The van der Waals surface area contributed by atoms with Crippen LogP contribution in [-0.2, 0) is 0 Å². The summed E-state index contributed by atoms with van der Waals surface area (Å²) in [6.45, 7) is 0. The molecule has 0 fully saturated rings. The molecule has 0 aliphatic carbocycles. The molecule has 8 nitrogen and oxygen atoms in total. The molecule has 0 radical (unpaired) electrons. The fraction of sp³-hybridized carbons (Fsp3) is 0.263. The van der Waals surface area contributed by atoms with Gasteiger partial charge in [-0.2, -0.15) is 4.98 Å². The minimum atomic E-state index is 0. The summed E-state index contributed by atoms with van der Waals surface area (Å²) in [6, 6.07) is 7.06. The molecule has 0 amide bonds. The second-order valence-electron chi connectivity index (χ2n) is 5.60. The lowest BCUT2D eigenvalue weighted by atomic mass is 10.2. The van der Waals surface area contributed by atoms with Crippen LogP contribution in [0.15, 0.2) is 24.3 Å². The van der Waals surface area contributed by atoms with Crippen LogP contribution < -0.4 is 29.0 Å². The highest BCUT2D eigenvalue weighted by Crippen LogP contribution is 2.41. The van der Waals surface area contributed by atoms with Crippen LogP contribution >= 0.6 is 24.0 Å². The third-order valence-electron chi connectivity index (χ3n) is 4.10. The fourth-order valence-corrected chi connectivity index (χ4v) is 2.99. The second kappa shape index (κ2) is 9.58. The summed E-state index contributed by atoms with van der Waals surface area (Å²) in [5.74, 6) is 3.09. The van der Waals surface area contributed by atoms with E-state index in [1.165, 1.54) is 0 Å². The predicted molar refractivity (Wildman–Crippen MR) is 114 cm³/mol. The number of benzene rings is 2. The molecule has 3 aromatic rings. The number of methoxy groups -OCH3 is 5. The van der Waals surface area contributed by atoms with Gasteiger partial charge in [0.15, 0.2) is 23.0 Å². The zero-order valence-electron chi connectivity index (χ0n) is 16.5. The predicted octanol–water partition coefficient (Wildman–Crippen LogP) is 4.49. The van der Waals surface area contributed by atoms with Gasteiger partial charge in [0.1, 0.15) is 5.82 Å². The highest BCUT2D eigenvalue weighted by molar-refractivity contribution is 6.28. The molecular formula is C19H21Cl2N3O5. The number of anilines is 2. The van der Waals surface area contributed by atoms with Crippen molar-refractivity contribution < 1.29 is 23.7 Å². The van der Waals surface area contributed by atoms with Gasteiger partial charge in [-0.3, -0.25) is 0 Å². The number of rotatable bonds is 7. The molecule has 156 valence electrons. The Bertz CT molecular complexity index is 992. The van der Waals surface area contributed by atoms with E-state index in [2.05, 4.69) is 15.3 Å². The van der Waals surface area contributed by atoms with Crippen molar-refractivity contribution in [3.63, 3.8) is 0 Å². The lowest BCUT2D eigenvalue weighted by Crippen LogP contribution is -2.01. The van der Waals surface area contributed by atoms with Crippen molar-refractivity contribution in [2.75, 3.05) is 40.9 Å². The van der Waals surface area contributed by atoms with Crippen LogP contribution in [0.2, 0.25) is 5.28 Å². The maximum absolute atomic E-state index is 6.12. The quantitative estimate of drug-likeness (QED) is 0.536. The highest BCUT2D eigenvalue weighted by Gasteiger charge is 2.16. The minimum Gasteiger partial charge on any atom is -0.493 e. The lowest BCUT2D eigenvalue weighted by Gasteiger charge is -2.16. The maximum Gasteiger partial charge on any atom is 0.224 e. The summed E-state index contributed by atoms with van der Waals surface area (Å²) in [7, 11) is 7.77. The SMILES string of the molecule is COc1cc2nc(Cl)nc(Nc3cc(OC)c(OC)c(OC)c3)c2cc1OC.Cl. The molecule has 3 rings (SSSR count). The van der Waals surface area contributed by atoms with Gasteiger partial charge in [0.2, 0.25) is 11.0 Å². The van der Waals surface area contributed by atoms with Crippen molar-refractivity contribution in [2.45, 2.75) is 0 Å². The standard InChI is InChI=1S/C19H20ClN3O5.ClH/c1-24-13-8-11-12(9-14(13)25-2)22-19(20)23-18(11)21-10-6-15(26-3)17(28-5)16(7-10)27-4;/h6-9H,1-5H3,(H,21,22,23);1H. The average molecular weight is 442 g/mol. The topological polar surface area (TPSA) is 84.0 Å². The van der Waals surface area contributed by atoms with Gasteiger partial charge in [-0.05, 0) is 17.7 Å². The smallest absolute Gasteiger partial charge is 0.224 e. The number of hydrogen-bond acceptors (Lipinski definition) is 8. The monoisotopic (exact) mass is 441 g/mol. The molecule has 1 aromatic heterocycles. The first-order valence-electron chi connectivity index (χ1n) is 8.20. The summed E-state index contributed by atoms with van der Waals surface area (Å²) in [5.41, 5.74) is 1.27. The average Bonchev–Trinajstić information content (AvgIpc) is 2.71. The van der Waals surface area contributed by atoms with E-state index in [0.717, 1.165) is 0 Å². The second-order valence-corrected chi connectivity index (χ2v) is 5.94. The van der Waals surface area contributed by atoms with Gasteiger partial charge in [-0.15, -0.1) is 12.4 Å². The van der Waals surface area contributed by atoms with Crippen LogP contribution in [0, 0.1) is 0 Å². The Hall–Kier alpha value is -2.84. The third-order valence-corrected chi connectivity index (χ3v) is 4.27. The van der Waals surface area contributed by atoms with Crippen molar-refractivity contribution >= 4 is 46.4 Å². The van der Waals surface area contributed by atoms with E-state index in [9.17, 15) is 0 Å². The van der Waals surface area contributed by atoms with Gasteiger partial charge >= 0.3 is 0 Å². The van der Waals surface area contributed by atoms with Crippen molar-refractivity contribution in [3.05, 3.63) is 29.5 Å². The summed E-state index contributed by atoms with van der Waals surface area (Å²) in [5, 5.41) is 4.03. The van der Waals surface area contributed by atoms with E-state index in [1.807, 2.05) is 0 Å². The minimum absolute atomic E-state index is 0. The Morgan fingerprint density at radius 1 is 0.724 bits per heavy atom. The number of hydrogen-bond donors (Lipinski definition) is 1. The first kappa shape index (κ1) is 22.4. The Morgan fingerprint density at radius 3 is 1.79 bits per heavy atom. The Kier molecular flexibility index (Phi) is 7.41. The number of fused-ring (bicyclic) bond motifs is 1. The van der Waals surface area contributed by atoms with E-state index >= 15 is 0 Å². The zero-order chi connectivity index (χ0) is 20.3. The van der Waals surface area contributed by atoms with Crippen molar-refractivity contribution in [3.8, 4) is 28.7 Å². The van der Waals surface area contributed by atoms with Gasteiger partial charge in [0.25, 0.3) is 0 Å². The van der Waals surface area contributed by atoms with E-state index < -0.39 is 0 Å². The van der Waals surface area contributed by atoms with Gasteiger partial charge < -0.3 is 29.0 Å². The van der Waals surface area contributed by atoms with Gasteiger partial charge in [-0.1, -0.05) is 0 Å². The number of halogens is 2. The molecule has 0 bridgehead atoms. The largest absolute Gasteiger partial charge is 0.493 e. The van der Waals surface area contributed by atoms with Crippen molar-refractivity contribution in [2.24, 2.45) is 0 Å². The van der Waals surface area contributed by atoms with Crippen molar-refractivity contribution in [1.82, 2.24) is 9.97 Å². The normalized spacial score (nSPS) is 10.1. The molecule has 0 saturated carbocycles. The lowest BCUT2D eigenvalue weighted by molar-refractivity contribution is 0.324. The Labute approximate surface area is 179 Å². The summed E-state index contributed by atoms with van der Waals surface area (Å²) in [6.07, 6.45) is 0. The molecule has 1 N–H and O–H groups in total. The van der Waals surface area contributed by atoms with Gasteiger partial charge in [0.05, 0.1) is 41.1 Å². The molecule has 0 saturated heterocycles. The van der Waals surface area contributed by atoms with Crippen LogP contribution in [0.25, 0.3) is 10.9 Å². The number of nitrogens with zero attached hydrogens (tertiary/aromatic N) is 2. The van der Waals surface area contributed by atoms with E-state index in [-0.39, 0.29) is 17.7 Å². The number of nitrogens with one attached hydrogen (secondary N) is 1. The molecule has 2 aromatic carbocycles. The van der Waals surface area contributed by atoms with Crippen LogP contribution in [0.5, 0.6) is 28.7 Å². The van der Waals surface area contributed by atoms with Crippen LogP contribution in [0.3, 0.4) is 0 Å². The summed E-state index contributed by atoms with van der Waals surface area (Å²) < 4.78 is 26.9. The highest BCUT2D eigenvalue weighted by atomic mass is 35.5. The third kappa shape index (κ3) is 4.44. The van der Waals surface area contributed by atoms with Gasteiger partial charge in [-0.25, -0.2) is 4.98 Å². The molecule has 0 unspecified atom stereocenters. The van der Waals surface area contributed by atoms with E-state index in [4.69, 9.17) is 35.3 Å². The molecule has 1 heterocycles. The molecule has 0 atom stereocenters. The first-order chi connectivity index (χ1) is 13.5. The summed E-state index contributed by atoms with van der Waals surface area (Å²) in [4.78, 5) is 8.58. The van der Waals surface area contributed by atoms with Crippen LogP contribution in [0.1, 0.15) is 0 Å². The zero-order valence-corrected chi connectivity index (χ0v) is 18.1. The number of ether oxygens (including phenoxy) is 5. The van der Waals surface area contributed by atoms with Crippen molar-refractivity contribution in [1.29, 1.82) is 0 Å². The molecule has 0 aliphatic heterocycles. The van der Waals surface area contributed by atoms with E-state index in [0.29, 0.717) is 51.2 Å². The molecule has 0 aliphatic rings.